The Morgan fingerprint density at radius 2 is 0.812 bits per heavy atom. The molecule has 0 saturated heterocycles. The molecular weight excluding hydrogens is 577 g/mol. The molecule has 0 N–H and O–H groups in total. The summed E-state index contributed by atoms with van der Waals surface area (Å²) >= 11 is 0. The molecule has 0 heteroatoms. The van der Waals surface area contributed by atoms with Crippen molar-refractivity contribution in [3.63, 3.8) is 0 Å². The second-order valence-corrected chi connectivity index (χ2v) is 13.8. The summed E-state index contributed by atoms with van der Waals surface area (Å²) in [5.74, 6) is 0. The SMILES string of the molecule is Cc1cccc(C)c1-c1cc2c(-c3ccccc3)c3c4cccc5c(-c6c(C)cccc6C)ccc(c54)c3c3c4ccccc4c(c1)c23. The summed E-state index contributed by atoms with van der Waals surface area (Å²) in [7, 11) is 0. The fraction of sp³-hybridized carbons (Fsp3) is 0.0833. The Morgan fingerprint density at radius 1 is 0.271 bits per heavy atom. The van der Waals surface area contributed by atoms with Crippen LogP contribution in [0.2, 0.25) is 0 Å². The highest BCUT2D eigenvalue weighted by Gasteiger charge is 2.26. The third-order valence-corrected chi connectivity index (χ3v) is 11.1. The Balaban J connectivity index is 1.50. The molecule has 0 radical (unpaired) electrons. The van der Waals surface area contributed by atoms with Crippen molar-refractivity contribution in [2.24, 2.45) is 0 Å². The number of hydrogen-bond acceptors (Lipinski definition) is 0. The van der Waals surface area contributed by atoms with Crippen LogP contribution in [0, 0.1) is 27.7 Å². The van der Waals surface area contributed by atoms with Gasteiger partial charge in [-0.1, -0.05) is 121 Å². The molecule has 10 aromatic carbocycles. The molecule has 0 bridgehead atoms. The summed E-state index contributed by atoms with van der Waals surface area (Å²) in [5, 5.41) is 16.2. The highest BCUT2D eigenvalue weighted by Crippen LogP contribution is 2.54. The predicted molar refractivity (Wildman–Crippen MR) is 209 cm³/mol. The largest absolute Gasteiger partial charge is 0.0622 e. The molecule has 0 aliphatic rings. The highest BCUT2D eigenvalue weighted by atomic mass is 14.3. The second kappa shape index (κ2) is 9.89. The summed E-state index contributed by atoms with van der Waals surface area (Å²) in [6.45, 7) is 8.98. The van der Waals surface area contributed by atoms with E-state index in [9.17, 15) is 0 Å². The molecule has 0 nitrogen and oxygen atoms in total. The molecule has 0 aromatic heterocycles. The molecule has 0 saturated carbocycles. The maximum atomic E-state index is 2.50. The van der Waals surface area contributed by atoms with Crippen LogP contribution in [0.4, 0.5) is 0 Å². The van der Waals surface area contributed by atoms with Gasteiger partial charge in [-0.3, -0.25) is 0 Å². The molecule has 0 atom stereocenters. The van der Waals surface area contributed by atoms with Crippen LogP contribution in [0.5, 0.6) is 0 Å². The maximum Gasteiger partial charge on any atom is -0.000696 e. The predicted octanol–water partition coefficient (Wildman–Crippen LogP) is 13.7. The van der Waals surface area contributed by atoms with Crippen molar-refractivity contribution >= 4 is 64.6 Å². The van der Waals surface area contributed by atoms with Crippen LogP contribution >= 0.6 is 0 Å². The number of hydrogen-bond donors (Lipinski definition) is 0. The Kier molecular flexibility index (Phi) is 5.65. The van der Waals surface area contributed by atoms with Crippen LogP contribution < -0.4 is 0 Å². The molecule has 0 fully saturated rings. The zero-order chi connectivity index (χ0) is 32.3. The van der Waals surface area contributed by atoms with Crippen LogP contribution in [0.3, 0.4) is 0 Å². The fourth-order valence-corrected chi connectivity index (χ4v) is 9.17. The van der Waals surface area contributed by atoms with Gasteiger partial charge in [0.05, 0.1) is 0 Å². The lowest BCUT2D eigenvalue weighted by atomic mass is 9.87. The van der Waals surface area contributed by atoms with E-state index in [0.29, 0.717) is 0 Å². The number of aryl methyl sites for hydroxylation is 4. The fourth-order valence-electron chi connectivity index (χ4n) is 9.17. The lowest BCUT2D eigenvalue weighted by molar-refractivity contribution is 1.38. The van der Waals surface area contributed by atoms with E-state index in [1.54, 1.807) is 0 Å². The second-order valence-electron chi connectivity index (χ2n) is 13.8. The van der Waals surface area contributed by atoms with Gasteiger partial charge in [0.1, 0.15) is 0 Å². The van der Waals surface area contributed by atoms with Crippen molar-refractivity contribution in [1.29, 1.82) is 0 Å². The molecule has 10 aromatic rings. The third kappa shape index (κ3) is 3.55. The molecule has 0 heterocycles. The number of benzene rings is 8. The lowest BCUT2D eigenvalue weighted by Gasteiger charge is -2.16. The van der Waals surface area contributed by atoms with Crippen molar-refractivity contribution in [2.75, 3.05) is 0 Å². The van der Waals surface area contributed by atoms with Crippen molar-refractivity contribution in [3.05, 3.63) is 156 Å². The van der Waals surface area contributed by atoms with Crippen LogP contribution in [0.25, 0.3) is 98.0 Å². The van der Waals surface area contributed by atoms with Crippen LogP contribution in [0.1, 0.15) is 22.3 Å². The molecule has 48 heavy (non-hydrogen) atoms. The average Bonchev–Trinajstić information content (AvgIpc) is 3.60. The highest BCUT2D eigenvalue weighted by molar-refractivity contribution is 6.48. The summed E-state index contributed by atoms with van der Waals surface area (Å²) in [4.78, 5) is 0. The minimum Gasteiger partial charge on any atom is -0.0622 e. The first-order chi connectivity index (χ1) is 23.5. The van der Waals surface area contributed by atoms with E-state index in [0.717, 1.165) is 0 Å². The van der Waals surface area contributed by atoms with Crippen LogP contribution in [-0.2, 0) is 0 Å². The van der Waals surface area contributed by atoms with Crippen molar-refractivity contribution in [2.45, 2.75) is 27.7 Å². The van der Waals surface area contributed by atoms with Crippen molar-refractivity contribution in [3.8, 4) is 33.4 Å². The smallest absolute Gasteiger partial charge is 0.000696 e. The Morgan fingerprint density at radius 3 is 1.54 bits per heavy atom. The van der Waals surface area contributed by atoms with Gasteiger partial charge in [0.25, 0.3) is 0 Å². The van der Waals surface area contributed by atoms with Gasteiger partial charge in [-0.2, -0.15) is 0 Å². The first-order valence-electron chi connectivity index (χ1n) is 17.0. The van der Waals surface area contributed by atoms with Gasteiger partial charge in [0.2, 0.25) is 0 Å². The van der Waals surface area contributed by atoms with Gasteiger partial charge in [-0.15, -0.1) is 0 Å². The monoisotopic (exact) mass is 610 g/mol. The standard InChI is InChI=1S/C48H34/c1-27-13-10-14-28(2)41(27)32-25-39-33-19-8-9-20-34(33)46-45(39)40(26-32)43(31-17-6-5-7-18-31)47-37-22-12-21-35-36(23-24-38(44(35)37)48(46)47)42-29(3)15-11-16-30(42)4/h5-26H,1-4H3. The quantitative estimate of drug-likeness (QED) is 0.187. The van der Waals surface area contributed by atoms with E-state index >= 15 is 0 Å². The van der Waals surface area contributed by atoms with Crippen LogP contribution in [-0.4, -0.2) is 0 Å². The minimum absolute atomic E-state index is 1.26. The average molecular weight is 611 g/mol. The van der Waals surface area contributed by atoms with Gasteiger partial charge >= 0.3 is 0 Å². The molecule has 0 aliphatic carbocycles. The van der Waals surface area contributed by atoms with Crippen LogP contribution in [0.15, 0.2) is 133 Å². The molecular formula is C48H34. The number of fused-ring (bicyclic) bond motifs is 7. The zero-order valence-electron chi connectivity index (χ0n) is 27.7. The number of rotatable bonds is 3. The van der Waals surface area contributed by atoms with E-state index in [2.05, 4.69) is 161 Å². The molecule has 0 aliphatic heterocycles. The van der Waals surface area contributed by atoms with Gasteiger partial charge in [0, 0.05) is 0 Å². The van der Waals surface area contributed by atoms with E-state index in [-0.39, 0.29) is 0 Å². The summed E-state index contributed by atoms with van der Waals surface area (Å²) in [5.41, 5.74) is 13.2. The van der Waals surface area contributed by atoms with E-state index in [1.165, 1.54) is 120 Å². The normalized spacial score (nSPS) is 12.2. The van der Waals surface area contributed by atoms with E-state index in [4.69, 9.17) is 0 Å². The maximum absolute atomic E-state index is 2.50. The molecule has 0 amide bonds. The van der Waals surface area contributed by atoms with Gasteiger partial charge < -0.3 is 0 Å². The van der Waals surface area contributed by atoms with E-state index < -0.39 is 0 Å². The summed E-state index contributed by atoms with van der Waals surface area (Å²) < 4.78 is 0. The van der Waals surface area contributed by atoms with Crippen molar-refractivity contribution in [1.82, 2.24) is 0 Å². The molecule has 0 spiro atoms. The van der Waals surface area contributed by atoms with Gasteiger partial charge in [0.15, 0.2) is 0 Å². The first kappa shape index (κ1) is 27.4. The van der Waals surface area contributed by atoms with E-state index in [1.807, 2.05) is 0 Å². The summed E-state index contributed by atoms with van der Waals surface area (Å²) in [6, 6.07) is 50.3. The molecule has 0 unspecified atom stereocenters. The summed E-state index contributed by atoms with van der Waals surface area (Å²) in [6.07, 6.45) is 0. The third-order valence-electron chi connectivity index (χ3n) is 11.1. The molecule has 226 valence electrons. The van der Waals surface area contributed by atoms with Crippen molar-refractivity contribution < 1.29 is 0 Å². The lowest BCUT2D eigenvalue weighted by Crippen LogP contribution is -1.90. The van der Waals surface area contributed by atoms with Gasteiger partial charge in [-0.25, -0.2) is 0 Å². The zero-order valence-corrected chi connectivity index (χ0v) is 27.7. The first-order valence-corrected chi connectivity index (χ1v) is 17.0. The topological polar surface area (TPSA) is 0 Å². The molecule has 10 rings (SSSR count). The van der Waals surface area contributed by atoms with Gasteiger partial charge in [-0.05, 0) is 160 Å². The Hall–Kier alpha value is -5.72. The Labute approximate surface area is 280 Å². The minimum atomic E-state index is 1.26. The Bertz CT molecular complexity index is 2860.